The summed E-state index contributed by atoms with van der Waals surface area (Å²) in [4.78, 5) is 0. The first-order valence-corrected chi connectivity index (χ1v) is 9.08. The highest BCUT2D eigenvalue weighted by Gasteiger charge is 2.38. The van der Waals surface area contributed by atoms with E-state index in [4.69, 9.17) is 14.9 Å². The molecule has 22 heavy (non-hydrogen) atoms. The zero-order chi connectivity index (χ0) is 15.3. The fraction of sp³-hybridized carbons (Fsp3) is 0.789. The highest BCUT2D eigenvalue weighted by molar-refractivity contribution is 5.07. The molecule has 2 saturated carbocycles. The van der Waals surface area contributed by atoms with Crippen molar-refractivity contribution in [2.45, 2.75) is 57.8 Å². The van der Waals surface area contributed by atoms with Crippen molar-refractivity contribution in [1.29, 1.82) is 0 Å². The molecule has 0 amide bonds. The quantitative estimate of drug-likeness (QED) is 0.803. The average molecular weight is 305 g/mol. The predicted octanol–water partition coefficient (Wildman–Crippen LogP) is 4.16. The lowest BCUT2D eigenvalue weighted by molar-refractivity contribution is 0.0348. The molecule has 0 aromatic carbocycles. The van der Waals surface area contributed by atoms with Crippen LogP contribution in [0.5, 0.6) is 0 Å². The monoisotopic (exact) mass is 305 g/mol. The van der Waals surface area contributed by atoms with Crippen LogP contribution in [0.1, 0.15) is 56.9 Å². The van der Waals surface area contributed by atoms with Gasteiger partial charge in [0.1, 0.15) is 0 Å². The van der Waals surface area contributed by atoms with Crippen molar-refractivity contribution in [3.8, 4) is 0 Å². The fourth-order valence-corrected chi connectivity index (χ4v) is 4.53. The maximum Gasteiger partial charge on any atom is 0.0934 e. The van der Waals surface area contributed by atoms with Crippen LogP contribution in [0.4, 0.5) is 0 Å². The molecule has 2 fully saturated rings. The Labute approximate surface area is 134 Å². The molecule has 3 nitrogen and oxygen atoms in total. The van der Waals surface area contributed by atoms with Crippen molar-refractivity contribution in [2.75, 3.05) is 19.8 Å². The summed E-state index contributed by atoms with van der Waals surface area (Å²) in [6.07, 6.45) is 16.2. The van der Waals surface area contributed by atoms with Crippen LogP contribution in [0.2, 0.25) is 0 Å². The average Bonchev–Trinajstić information content (AvgIpc) is 3.05. The van der Waals surface area contributed by atoms with Crippen molar-refractivity contribution >= 4 is 0 Å². The summed E-state index contributed by atoms with van der Waals surface area (Å²) in [5, 5.41) is 0. The van der Waals surface area contributed by atoms with E-state index in [1.807, 2.05) is 6.26 Å². The summed E-state index contributed by atoms with van der Waals surface area (Å²) < 4.78 is 10.8. The summed E-state index contributed by atoms with van der Waals surface area (Å²) >= 11 is 0. The second-order valence-electron chi connectivity index (χ2n) is 7.59. The number of nitrogens with two attached hydrogens (primary N) is 1. The van der Waals surface area contributed by atoms with Gasteiger partial charge < -0.3 is 14.9 Å². The number of ether oxygens (including phenoxy) is 1. The van der Waals surface area contributed by atoms with Gasteiger partial charge in [0.15, 0.2) is 0 Å². The summed E-state index contributed by atoms with van der Waals surface area (Å²) in [6, 6.07) is 2.12. The van der Waals surface area contributed by atoms with Gasteiger partial charge in [0.25, 0.3) is 0 Å². The highest BCUT2D eigenvalue weighted by Crippen LogP contribution is 2.50. The van der Waals surface area contributed by atoms with Crippen LogP contribution in [0.3, 0.4) is 0 Å². The first-order chi connectivity index (χ1) is 10.8. The summed E-state index contributed by atoms with van der Waals surface area (Å²) in [5.74, 6) is 1.65. The molecular formula is C19H31NO2. The summed E-state index contributed by atoms with van der Waals surface area (Å²) in [6.45, 7) is 2.29. The molecule has 0 unspecified atom stereocenters. The Balaban J connectivity index is 1.40. The minimum atomic E-state index is 0.648. The topological polar surface area (TPSA) is 48.4 Å². The number of furan rings is 1. The van der Waals surface area contributed by atoms with Gasteiger partial charge in [-0.15, -0.1) is 0 Å². The minimum Gasteiger partial charge on any atom is -0.472 e. The Kier molecular flexibility index (Phi) is 5.59. The molecule has 0 radical (unpaired) electrons. The van der Waals surface area contributed by atoms with Crippen LogP contribution in [-0.2, 0) is 11.2 Å². The molecule has 0 aliphatic heterocycles. The van der Waals surface area contributed by atoms with E-state index in [1.165, 1.54) is 63.4 Å². The molecule has 0 bridgehead atoms. The Morgan fingerprint density at radius 1 is 1.09 bits per heavy atom. The lowest BCUT2D eigenvalue weighted by Crippen LogP contribution is -2.33. The summed E-state index contributed by atoms with van der Waals surface area (Å²) in [7, 11) is 0. The van der Waals surface area contributed by atoms with E-state index in [2.05, 4.69) is 6.07 Å². The molecule has 2 N–H and O–H groups in total. The molecule has 3 heteroatoms. The molecule has 1 aromatic heterocycles. The van der Waals surface area contributed by atoms with E-state index >= 15 is 0 Å². The molecule has 124 valence electrons. The standard InChI is InChI=1S/C19H31NO2/c20-10-12-22-14-17-3-8-19(9-4-17)6-1-16(2-7-19)13-18-5-11-21-15-18/h5,11,15-17H,1-4,6-10,12-14,20H2. The van der Waals surface area contributed by atoms with Gasteiger partial charge in [-0.3, -0.25) is 0 Å². The van der Waals surface area contributed by atoms with E-state index in [0.717, 1.165) is 25.0 Å². The molecule has 0 saturated heterocycles. The zero-order valence-corrected chi connectivity index (χ0v) is 13.8. The van der Waals surface area contributed by atoms with Crippen LogP contribution in [0.25, 0.3) is 0 Å². The Morgan fingerprint density at radius 2 is 1.77 bits per heavy atom. The van der Waals surface area contributed by atoms with Gasteiger partial charge in [-0.1, -0.05) is 0 Å². The number of hydrogen-bond acceptors (Lipinski definition) is 3. The number of rotatable bonds is 6. The maximum absolute atomic E-state index is 5.64. The van der Waals surface area contributed by atoms with E-state index in [9.17, 15) is 0 Å². The van der Waals surface area contributed by atoms with Crippen molar-refractivity contribution in [3.63, 3.8) is 0 Å². The van der Waals surface area contributed by atoms with E-state index < -0.39 is 0 Å². The van der Waals surface area contributed by atoms with Gasteiger partial charge in [0.05, 0.1) is 19.1 Å². The van der Waals surface area contributed by atoms with Crippen LogP contribution >= 0.6 is 0 Å². The molecule has 3 rings (SSSR count). The summed E-state index contributed by atoms with van der Waals surface area (Å²) in [5.41, 5.74) is 7.53. The van der Waals surface area contributed by atoms with Crippen LogP contribution < -0.4 is 5.73 Å². The van der Waals surface area contributed by atoms with Crippen LogP contribution in [0.15, 0.2) is 23.0 Å². The van der Waals surface area contributed by atoms with Crippen molar-refractivity contribution < 1.29 is 9.15 Å². The third-order valence-corrected chi connectivity index (χ3v) is 6.05. The smallest absolute Gasteiger partial charge is 0.0934 e. The van der Waals surface area contributed by atoms with E-state index in [1.54, 1.807) is 6.26 Å². The SMILES string of the molecule is NCCOCC1CCC2(CC1)CCC(Cc1ccoc1)CC2. The lowest BCUT2D eigenvalue weighted by Gasteiger charge is -2.45. The predicted molar refractivity (Wildman–Crippen MR) is 88.6 cm³/mol. The molecule has 2 aliphatic carbocycles. The van der Waals surface area contributed by atoms with Gasteiger partial charge in [-0.05, 0) is 86.7 Å². The second kappa shape index (κ2) is 7.65. The minimum absolute atomic E-state index is 0.648. The van der Waals surface area contributed by atoms with Crippen molar-refractivity contribution in [1.82, 2.24) is 0 Å². The Hall–Kier alpha value is -0.800. The fourth-order valence-electron chi connectivity index (χ4n) is 4.53. The molecule has 1 aromatic rings. The van der Waals surface area contributed by atoms with E-state index in [0.29, 0.717) is 12.0 Å². The maximum atomic E-state index is 5.64. The van der Waals surface area contributed by atoms with Gasteiger partial charge in [0.2, 0.25) is 0 Å². The highest BCUT2D eigenvalue weighted by atomic mass is 16.5. The largest absolute Gasteiger partial charge is 0.472 e. The Bertz CT molecular complexity index is 411. The third-order valence-electron chi connectivity index (χ3n) is 6.05. The van der Waals surface area contributed by atoms with Crippen molar-refractivity contribution in [2.24, 2.45) is 23.0 Å². The third kappa shape index (κ3) is 4.14. The van der Waals surface area contributed by atoms with E-state index in [-0.39, 0.29) is 0 Å². The first kappa shape index (κ1) is 16.1. The van der Waals surface area contributed by atoms with Gasteiger partial charge >= 0.3 is 0 Å². The zero-order valence-electron chi connectivity index (χ0n) is 13.8. The van der Waals surface area contributed by atoms with Crippen LogP contribution in [-0.4, -0.2) is 19.8 Å². The Morgan fingerprint density at radius 3 is 2.36 bits per heavy atom. The molecule has 1 spiro atoms. The molecule has 1 heterocycles. The van der Waals surface area contributed by atoms with Gasteiger partial charge in [-0.2, -0.15) is 0 Å². The molecular weight excluding hydrogens is 274 g/mol. The normalized spacial score (nSPS) is 32.4. The lowest BCUT2D eigenvalue weighted by atomic mass is 9.61. The van der Waals surface area contributed by atoms with Gasteiger partial charge in [0, 0.05) is 13.2 Å². The van der Waals surface area contributed by atoms with Crippen molar-refractivity contribution in [3.05, 3.63) is 24.2 Å². The molecule has 0 atom stereocenters. The number of hydrogen-bond donors (Lipinski definition) is 1. The van der Waals surface area contributed by atoms with Crippen LogP contribution in [0, 0.1) is 17.3 Å². The second-order valence-corrected chi connectivity index (χ2v) is 7.59. The van der Waals surface area contributed by atoms with Gasteiger partial charge in [-0.25, -0.2) is 0 Å². The first-order valence-electron chi connectivity index (χ1n) is 9.08. The molecule has 2 aliphatic rings.